The highest BCUT2D eigenvalue weighted by molar-refractivity contribution is 7.90. The molecule has 2 rings (SSSR count). The molecule has 1 aliphatic rings. The fourth-order valence-corrected chi connectivity index (χ4v) is 2.88. The highest BCUT2D eigenvalue weighted by Crippen LogP contribution is 2.28. The molecule has 1 aliphatic carbocycles. The van der Waals surface area contributed by atoms with Crippen LogP contribution in [0.1, 0.15) is 25.8 Å². The van der Waals surface area contributed by atoms with E-state index in [4.69, 9.17) is 0 Å². The molecule has 0 unspecified atom stereocenters. The highest BCUT2D eigenvalue weighted by atomic mass is 32.2. The van der Waals surface area contributed by atoms with E-state index < -0.39 is 10.0 Å². The number of allylic oxidation sites excluding steroid dienone is 4. The van der Waals surface area contributed by atoms with Crippen molar-refractivity contribution in [3.8, 4) is 0 Å². The van der Waals surface area contributed by atoms with Gasteiger partial charge in [0.15, 0.2) is 0 Å². The second-order valence-electron chi connectivity index (χ2n) is 5.60. The molecule has 0 amide bonds. The quantitative estimate of drug-likeness (QED) is 0.604. The van der Waals surface area contributed by atoms with Crippen molar-refractivity contribution in [1.82, 2.24) is 0 Å². The molecule has 1 atom stereocenters. The van der Waals surface area contributed by atoms with Crippen molar-refractivity contribution in [3.63, 3.8) is 0 Å². The van der Waals surface area contributed by atoms with Gasteiger partial charge in [0.1, 0.15) is 0 Å². The van der Waals surface area contributed by atoms with Gasteiger partial charge in [0.05, 0.1) is 10.6 Å². The molecule has 0 bridgehead atoms. The van der Waals surface area contributed by atoms with Crippen molar-refractivity contribution >= 4 is 10.0 Å². The highest BCUT2D eigenvalue weighted by Gasteiger charge is 2.16. The van der Waals surface area contributed by atoms with E-state index >= 15 is 0 Å². The zero-order valence-corrected chi connectivity index (χ0v) is 13.9. The summed E-state index contributed by atoms with van der Waals surface area (Å²) in [5.74, 6) is 0.180. The van der Waals surface area contributed by atoms with E-state index in [1.807, 2.05) is 32.9 Å². The SMILES string of the molecule is C=C(C)[C@H]1C=C(N=NS(=O)(=O)c2ccc(C)cc2)C(C)=CC1. The Balaban J connectivity index is 2.28. The molecular formula is C17H20N2O2S. The molecule has 0 saturated carbocycles. The monoisotopic (exact) mass is 316 g/mol. The average Bonchev–Trinajstić information content (AvgIpc) is 2.46. The number of hydrogen-bond donors (Lipinski definition) is 0. The van der Waals surface area contributed by atoms with Crippen LogP contribution in [-0.2, 0) is 10.0 Å². The Morgan fingerprint density at radius 1 is 1.23 bits per heavy atom. The number of hydrogen-bond acceptors (Lipinski definition) is 3. The third-order valence-electron chi connectivity index (χ3n) is 3.65. The lowest BCUT2D eigenvalue weighted by molar-refractivity contribution is 0.595. The summed E-state index contributed by atoms with van der Waals surface area (Å²) in [6, 6.07) is 6.56. The van der Waals surface area contributed by atoms with Crippen molar-refractivity contribution in [2.45, 2.75) is 32.1 Å². The van der Waals surface area contributed by atoms with E-state index in [0.29, 0.717) is 5.70 Å². The van der Waals surface area contributed by atoms with Crippen molar-refractivity contribution in [2.75, 3.05) is 0 Å². The maximum Gasteiger partial charge on any atom is 0.299 e. The number of sulfonamides is 1. The largest absolute Gasteiger partial charge is 0.299 e. The number of rotatable bonds is 4. The maximum atomic E-state index is 12.2. The summed E-state index contributed by atoms with van der Waals surface area (Å²) in [4.78, 5) is 0.149. The van der Waals surface area contributed by atoms with Crippen molar-refractivity contribution in [2.24, 2.45) is 15.6 Å². The molecule has 4 nitrogen and oxygen atoms in total. The van der Waals surface area contributed by atoms with Gasteiger partial charge in [-0.3, -0.25) is 0 Å². The number of aryl methyl sites for hydroxylation is 1. The normalized spacial score (nSPS) is 19.0. The van der Waals surface area contributed by atoms with Crippen LogP contribution in [-0.4, -0.2) is 8.42 Å². The molecule has 0 saturated heterocycles. The summed E-state index contributed by atoms with van der Waals surface area (Å²) < 4.78 is 27.9. The van der Waals surface area contributed by atoms with Gasteiger partial charge in [-0.05, 0) is 51.0 Å². The van der Waals surface area contributed by atoms with E-state index in [9.17, 15) is 8.42 Å². The average molecular weight is 316 g/mol. The Morgan fingerprint density at radius 3 is 2.45 bits per heavy atom. The van der Waals surface area contributed by atoms with E-state index in [1.54, 1.807) is 24.3 Å². The van der Waals surface area contributed by atoms with Crippen LogP contribution in [0.5, 0.6) is 0 Å². The lowest BCUT2D eigenvalue weighted by Gasteiger charge is -2.17. The second kappa shape index (κ2) is 6.40. The Hall–Kier alpha value is -2.01. The molecule has 1 aromatic carbocycles. The van der Waals surface area contributed by atoms with Crippen LogP contribution in [0.15, 0.2) is 74.4 Å². The van der Waals surface area contributed by atoms with Crippen molar-refractivity contribution in [3.05, 3.63) is 65.4 Å². The van der Waals surface area contributed by atoms with Gasteiger partial charge in [-0.15, -0.1) is 5.11 Å². The topological polar surface area (TPSA) is 58.9 Å². The molecule has 116 valence electrons. The molecule has 1 aromatic rings. The minimum absolute atomic E-state index is 0.149. The van der Waals surface area contributed by atoms with Crippen molar-refractivity contribution in [1.29, 1.82) is 0 Å². The lowest BCUT2D eigenvalue weighted by atomic mass is 9.90. The zero-order chi connectivity index (χ0) is 16.3. The van der Waals surface area contributed by atoms with Crippen LogP contribution in [0, 0.1) is 12.8 Å². The van der Waals surface area contributed by atoms with E-state index in [-0.39, 0.29) is 10.8 Å². The third kappa shape index (κ3) is 3.80. The minimum Gasteiger partial charge on any atom is -0.198 e. The maximum absolute atomic E-state index is 12.2. The first-order valence-corrected chi connectivity index (χ1v) is 8.52. The number of nitrogens with zero attached hydrogens (tertiary/aromatic N) is 2. The van der Waals surface area contributed by atoms with Gasteiger partial charge in [0.25, 0.3) is 10.0 Å². The first-order valence-electron chi connectivity index (χ1n) is 7.08. The van der Waals surface area contributed by atoms with E-state index in [1.165, 1.54) is 0 Å². The van der Waals surface area contributed by atoms with Gasteiger partial charge in [-0.25, -0.2) is 0 Å². The van der Waals surface area contributed by atoms with Crippen molar-refractivity contribution < 1.29 is 8.42 Å². The molecule has 0 radical (unpaired) electrons. The summed E-state index contributed by atoms with van der Waals surface area (Å²) in [6.07, 6.45) is 4.82. The molecule has 0 N–H and O–H groups in total. The van der Waals surface area contributed by atoms with Gasteiger partial charge in [-0.1, -0.05) is 40.4 Å². The molecule has 0 aromatic heterocycles. The van der Waals surface area contributed by atoms with Crippen LogP contribution < -0.4 is 0 Å². The Bertz CT molecular complexity index is 769. The van der Waals surface area contributed by atoms with Gasteiger partial charge < -0.3 is 0 Å². The predicted molar refractivity (Wildman–Crippen MR) is 88.0 cm³/mol. The van der Waals surface area contributed by atoms with Crippen LogP contribution >= 0.6 is 0 Å². The van der Waals surface area contributed by atoms with Crippen LogP contribution in [0.25, 0.3) is 0 Å². The van der Waals surface area contributed by atoms with Gasteiger partial charge in [0.2, 0.25) is 0 Å². The standard InChI is InChI=1S/C17H20N2O2S/c1-12(2)15-8-7-14(4)17(11-15)18-19-22(20,21)16-9-5-13(3)6-10-16/h5-7,9-11,15H,1,8H2,2-4H3/t15-/m1/s1. The van der Waals surface area contributed by atoms with Gasteiger partial charge in [0, 0.05) is 5.92 Å². The van der Waals surface area contributed by atoms with E-state index in [0.717, 1.165) is 23.1 Å². The van der Waals surface area contributed by atoms with Crippen LogP contribution in [0.3, 0.4) is 0 Å². The Labute approximate surface area is 132 Å². The first-order chi connectivity index (χ1) is 10.3. The summed E-state index contributed by atoms with van der Waals surface area (Å²) in [6.45, 7) is 9.69. The predicted octanol–water partition coefficient (Wildman–Crippen LogP) is 4.56. The summed E-state index contributed by atoms with van der Waals surface area (Å²) >= 11 is 0. The fourth-order valence-electron chi connectivity index (χ4n) is 2.11. The number of benzene rings is 1. The zero-order valence-electron chi connectivity index (χ0n) is 13.1. The van der Waals surface area contributed by atoms with Crippen LogP contribution in [0.2, 0.25) is 0 Å². The summed E-state index contributed by atoms with van der Waals surface area (Å²) in [5, 5.41) is 3.96. The lowest BCUT2D eigenvalue weighted by Crippen LogP contribution is -2.03. The summed E-state index contributed by atoms with van der Waals surface area (Å²) in [7, 11) is -3.77. The molecule has 22 heavy (non-hydrogen) atoms. The second-order valence-corrected chi connectivity index (χ2v) is 7.18. The Kier molecular flexibility index (Phi) is 4.76. The smallest absolute Gasteiger partial charge is 0.198 e. The Morgan fingerprint density at radius 2 is 1.86 bits per heavy atom. The molecule has 5 heteroatoms. The molecular weight excluding hydrogens is 296 g/mol. The summed E-state index contributed by atoms with van der Waals surface area (Å²) in [5.41, 5.74) is 3.54. The van der Waals surface area contributed by atoms with Gasteiger partial charge in [-0.2, -0.15) is 8.42 Å². The van der Waals surface area contributed by atoms with Gasteiger partial charge >= 0.3 is 0 Å². The van der Waals surface area contributed by atoms with E-state index in [2.05, 4.69) is 16.2 Å². The molecule has 0 spiro atoms. The minimum atomic E-state index is -3.77. The first kappa shape index (κ1) is 16.4. The molecule has 0 fully saturated rings. The fraction of sp³-hybridized carbons (Fsp3) is 0.294. The molecule has 0 aliphatic heterocycles. The molecule has 0 heterocycles. The van der Waals surface area contributed by atoms with Crippen LogP contribution in [0.4, 0.5) is 0 Å². The third-order valence-corrected chi connectivity index (χ3v) is 4.81.